The van der Waals surface area contributed by atoms with E-state index < -0.39 is 272 Å². The van der Waals surface area contributed by atoms with Crippen molar-refractivity contribution in [1.29, 1.82) is 0 Å². The van der Waals surface area contributed by atoms with Crippen molar-refractivity contribution in [2.45, 2.75) is 188 Å². The van der Waals surface area contributed by atoms with Gasteiger partial charge in [0.15, 0.2) is 29.1 Å². The third-order valence-electron chi connectivity index (χ3n) is 23.3. The number of amides is 8. The number of likely N-dealkylation sites (N-methyl/N-ethyl adjacent to an activating group) is 1. The number of phenolic OH excluding ortho intramolecular Hbond substituents is 4. The van der Waals surface area contributed by atoms with Gasteiger partial charge in [0, 0.05) is 60.7 Å². The summed E-state index contributed by atoms with van der Waals surface area (Å²) in [4.78, 5) is 140. The molecule has 21 N–H and O–H groups in total. The molecule has 17 bridgehead atoms. The van der Waals surface area contributed by atoms with Crippen LogP contribution < -0.4 is 71.5 Å². The fourth-order valence-electron chi connectivity index (χ4n) is 16.4. The second kappa shape index (κ2) is 40.6. The Morgan fingerprint density at radius 3 is 1.92 bits per heavy atom. The van der Waals surface area contributed by atoms with Crippen molar-refractivity contribution in [2.75, 3.05) is 40.8 Å². The van der Waals surface area contributed by atoms with Crippen LogP contribution in [0, 0.1) is 11.8 Å². The minimum Gasteiger partial charge on any atom is -0.508 e. The van der Waals surface area contributed by atoms with Crippen molar-refractivity contribution in [1.82, 2.24) is 52.8 Å². The second-order valence-corrected chi connectivity index (χ2v) is 34.0. The first-order chi connectivity index (χ1) is 61.1. The number of ether oxygens (including phenoxy) is 6. The summed E-state index contributed by atoms with van der Waals surface area (Å²) in [6.07, 6.45) is -13.4. The molecular weight excluding hydrogens is 1710 g/mol. The Labute approximate surface area is 743 Å². The highest BCUT2D eigenvalue weighted by Crippen LogP contribution is 2.51. The van der Waals surface area contributed by atoms with E-state index in [0.29, 0.717) is 37.3 Å². The number of carboxylic acids is 1. The Kier molecular flexibility index (Phi) is 29.8. The molecule has 1 unspecified atom stereocenters. The van der Waals surface area contributed by atoms with Crippen LogP contribution in [0.5, 0.6) is 69.0 Å². The van der Waals surface area contributed by atoms with Gasteiger partial charge in [0.2, 0.25) is 59.3 Å². The van der Waals surface area contributed by atoms with Crippen LogP contribution in [0.4, 0.5) is 0 Å². The fourth-order valence-corrected chi connectivity index (χ4v) is 16.8. The molecule has 0 radical (unpaired) electrons. The summed E-state index contributed by atoms with van der Waals surface area (Å²) in [5.74, 6) is -18.2. The molecule has 16 rings (SSSR count). The van der Waals surface area contributed by atoms with Crippen LogP contribution in [0.3, 0.4) is 0 Å². The number of aliphatic hydroxyl groups is 7. The molecule has 1 saturated carbocycles. The lowest BCUT2D eigenvalue weighted by Crippen LogP contribution is -2.66. The number of aromatic hydroxyl groups is 4. The molecule has 0 spiro atoms. The molecule has 18 atom stereocenters. The van der Waals surface area contributed by atoms with Crippen molar-refractivity contribution in [3.05, 3.63) is 164 Å². The smallest absolute Gasteiger partial charge is 0.335 e. The molecule has 39 heteroatoms. The van der Waals surface area contributed by atoms with Crippen LogP contribution in [0.15, 0.2) is 115 Å². The lowest BCUT2D eigenvalue weighted by atomic mass is 9.81. The zero-order chi connectivity index (χ0) is 92.0. The van der Waals surface area contributed by atoms with Crippen LogP contribution in [0.2, 0.25) is 10.0 Å². The van der Waals surface area contributed by atoms with Crippen molar-refractivity contribution < 1.29 is 133 Å². The number of rotatable bonds is 22. The minimum atomic E-state index is -2.44. The first kappa shape index (κ1) is 93.8. The number of benzene rings is 7. The number of phenols is 4. The Morgan fingerprint density at radius 1 is 0.578 bits per heavy atom. The first-order valence-electron chi connectivity index (χ1n) is 41.8. The lowest BCUT2D eigenvalue weighted by Gasteiger charge is -2.41. The molecule has 37 nitrogen and oxygen atoms in total. The lowest BCUT2D eigenvalue weighted by molar-refractivity contribution is -0.241. The highest BCUT2D eigenvalue weighted by Gasteiger charge is 2.52. The molecule has 7 aromatic carbocycles. The third-order valence-corrected chi connectivity index (χ3v) is 24.0. The Bertz CT molecular complexity index is 5340. The predicted molar refractivity (Wildman–Crippen MR) is 455 cm³/mol. The summed E-state index contributed by atoms with van der Waals surface area (Å²) in [6.45, 7) is 3.87. The number of carbonyl (C=O) groups is 9. The summed E-state index contributed by atoms with van der Waals surface area (Å²) in [7, 11) is 4.97. The van der Waals surface area contributed by atoms with Gasteiger partial charge in [0.25, 0.3) is 0 Å². The number of hydrogen-bond donors (Lipinski definition) is 21. The van der Waals surface area contributed by atoms with Gasteiger partial charge in [-0.3, -0.25) is 38.4 Å². The standard InChI is InChI=1S/C89H102Cl2N10O27/c1-39(2)13-10-8-6-7-9-11-14-63(107)95-72-76(111)78(113)80(88(121)122)128-89(72)127-79-61-31-44-32-62(79)125-57-23-19-43(29-52(57)90)73(108)71-87(120)99-69(82(115)93-25-12-26-101(4)5)50-34-46(103)35-59(126-60-33-45(38-102)74(109)77(112)75(60)110)64(50)49-28-41(17-22-54(49)104)67(84(117)100-71)96-85(118)68(44)97-86(119)70-51-36-48(37-56(106)65(51)91)124-58-24-18-42(30-55(58)105)66(92-3)83(116)94-53(81(114)98-70)27-40-15-20-47(123-61)21-16-40/h15-24,28-32,34-37,39,45,53,60,66-78,80,89,92,102-106,108-113H,6-14,25-27,33,38H2,1-5H3,(H,93,115)(H,94,116)(H,95,107)(H,96,118)(H,97,119)(H,98,114)(H,99,120)(H,100,117)(H,121,122)/t45-,53-,60+,66-,67-,68?,69+,70+,71+,72-,73-,74-,75-,76-,77+,78+,80+,89-/m1/s1. The predicted octanol–water partition coefficient (Wildman–Crippen LogP) is 4.83. The topological polar surface area (TPSA) is 563 Å². The van der Waals surface area contributed by atoms with Gasteiger partial charge in [-0.05, 0) is 159 Å². The van der Waals surface area contributed by atoms with E-state index >= 15 is 28.8 Å². The summed E-state index contributed by atoms with van der Waals surface area (Å²) in [5, 5.41) is 162. The van der Waals surface area contributed by atoms with E-state index in [1.54, 1.807) is 14.1 Å². The molecule has 2 fully saturated rings. The average Bonchev–Trinajstić information content (AvgIpc) is 0.852. The zero-order valence-electron chi connectivity index (χ0n) is 70.0. The van der Waals surface area contributed by atoms with E-state index in [0.717, 1.165) is 98.8 Å². The fraction of sp³-hybridized carbons (Fsp3) is 0.427. The summed E-state index contributed by atoms with van der Waals surface area (Å²) in [6, 6.07) is 6.10. The van der Waals surface area contributed by atoms with Gasteiger partial charge in [0.05, 0.1) is 16.1 Å². The van der Waals surface area contributed by atoms with E-state index in [1.807, 2.05) is 4.90 Å². The molecule has 8 amide bonds. The number of carbonyl (C=O) groups excluding carboxylic acids is 8. The number of halogens is 2. The van der Waals surface area contributed by atoms with Crippen LogP contribution in [0.1, 0.15) is 153 Å². The number of unbranched alkanes of at least 4 members (excludes halogenated alkanes) is 5. The van der Waals surface area contributed by atoms with Crippen molar-refractivity contribution >= 4 is 76.4 Å². The number of nitrogens with one attached hydrogen (secondary N) is 9. The van der Waals surface area contributed by atoms with E-state index in [2.05, 4.69) is 61.7 Å². The van der Waals surface area contributed by atoms with Crippen molar-refractivity contribution in [2.24, 2.45) is 11.8 Å². The number of carboxylic acid groups (broad SMARTS) is 1. The molecule has 1 saturated heterocycles. The molecule has 9 aliphatic rings. The minimum absolute atomic E-state index is 0.0744. The molecule has 0 aromatic heterocycles. The van der Waals surface area contributed by atoms with Gasteiger partial charge < -0.3 is 142 Å². The van der Waals surface area contributed by atoms with Crippen LogP contribution >= 0.6 is 23.2 Å². The average molecular weight is 1810 g/mol. The van der Waals surface area contributed by atoms with Crippen molar-refractivity contribution in [3.63, 3.8) is 0 Å². The van der Waals surface area contributed by atoms with Gasteiger partial charge in [-0.2, -0.15) is 0 Å². The molecule has 128 heavy (non-hydrogen) atoms. The molecular formula is C89H102Cl2N10O27. The van der Waals surface area contributed by atoms with Gasteiger partial charge in [0.1, 0.15) is 125 Å². The number of nitrogens with zero attached hydrogens (tertiary/aromatic N) is 1. The van der Waals surface area contributed by atoms with Crippen LogP contribution in [-0.2, 0) is 54.3 Å². The number of aliphatic carboxylic acids is 1. The Hall–Kier alpha value is -11.9. The molecule has 7 aromatic rings. The normalized spacial score (nSPS) is 25.8. The maximum absolute atomic E-state index is 16.8. The summed E-state index contributed by atoms with van der Waals surface area (Å²) >= 11 is 14.3. The Balaban J connectivity index is 1.04. The monoisotopic (exact) mass is 1810 g/mol. The number of aliphatic hydroxyl groups excluding tert-OH is 7. The Morgan fingerprint density at radius 2 is 1.23 bits per heavy atom. The van der Waals surface area contributed by atoms with Crippen molar-refractivity contribution in [3.8, 4) is 80.1 Å². The van der Waals surface area contributed by atoms with Crippen LogP contribution in [-0.4, -0.2) is 227 Å². The van der Waals surface area contributed by atoms with E-state index in [1.165, 1.54) is 55.6 Å². The molecule has 8 heterocycles. The van der Waals surface area contributed by atoms with Gasteiger partial charge in [-0.15, -0.1) is 0 Å². The van der Waals surface area contributed by atoms with Gasteiger partial charge >= 0.3 is 5.97 Å². The number of fused-ring (bicyclic) bond motifs is 14. The summed E-state index contributed by atoms with van der Waals surface area (Å²) in [5.41, 5.74) is -2.45. The van der Waals surface area contributed by atoms with E-state index in [4.69, 9.17) is 51.6 Å². The maximum Gasteiger partial charge on any atom is 0.335 e. The third kappa shape index (κ3) is 21.1. The number of hydrogen-bond acceptors (Lipinski definition) is 28. The van der Waals surface area contributed by atoms with E-state index in [-0.39, 0.29) is 46.9 Å². The zero-order valence-corrected chi connectivity index (χ0v) is 71.5. The molecule has 1 aliphatic carbocycles. The summed E-state index contributed by atoms with van der Waals surface area (Å²) < 4.78 is 38.9. The van der Waals surface area contributed by atoms with E-state index in [9.17, 15) is 75.7 Å². The highest BCUT2D eigenvalue weighted by molar-refractivity contribution is 6.33. The maximum atomic E-state index is 16.8. The van der Waals surface area contributed by atoms with Crippen LogP contribution in [0.25, 0.3) is 11.1 Å². The van der Waals surface area contributed by atoms with Gasteiger partial charge in [-0.25, -0.2) is 4.79 Å². The molecule has 8 aliphatic heterocycles. The molecule has 684 valence electrons. The van der Waals surface area contributed by atoms with Gasteiger partial charge in [-0.1, -0.05) is 106 Å². The SMILES string of the molecule is CN[C@H]1C(=O)N[C@@H]2Cc3ccc(cc3)Oc3cc4cc(c3O[C@@H]3O[C@H](C(=O)O)[C@@H](O)[C@H](O)[C@H]3NC(=O)CCCCCCCCC(C)C)Oc3ccc(cc3Cl)[C@@H](O)[C@@H]3NC(=O)[C@H](NC(=O)C4NC(=O)[C@@H](NC2=O)c2cc(cc(O)c2Cl)Oc2ccc1cc2O)c1ccc(O)c(c1)-c1c(O[C@H]2C[C@H](CO)[C@@H](O)[C@H](O)[C@@H]2O)cc(O)cc1[C@@H](C(=O)NCCCN(C)C)NC3=O. The highest BCUT2D eigenvalue weighted by atomic mass is 35.5. The quantitative estimate of drug-likeness (QED) is 0.0404. The second-order valence-electron chi connectivity index (χ2n) is 33.2. The largest absolute Gasteiger partial charge is 0.508 e. The first-order valence-corrected chi connectivity index (χ1v) is 42.6.